The molecule has 23 heavy (non-hydrogen) atoms. The average molecular weight is 353 g/mol. The lowest BCUT2D eigenvalue weighted by atomic mass is 10.2. The van der Waals surface area contributed by atoms with Crippen LogP contribution in [-0.2, 0) is 25.7 Å². The van der Waals surface area contributed by atoms with Gasteiger partial charge in [0.15, 0.2) is 6.10 Å². The van der Waals surface area contributed by atoms with Crippen LogP contribution in [0.3, 0.4) is 0 Å². The number of halogens is 4. The Labute approximate surface area is 136 Å². The summed E-state index contributed by atoms with van der Waals surface area (Å²) in [5.74, 6) is -1.54. The van der Waals surface area contributed by atoms with Crippen LogP contribution in [0.15, 0.2) is 24.3 Å². The first-order valence-corrected chi connectivity index (χ1v) is 7.22. The third-order valence-electron chi connectivity index (χ3n) is 2.84. The molecule has 0 fully saturated rings. The van der Waals surface area contributed by atoms with Crippen LogP contribution in [0.5, 0.6) is 0 Å². The molecular weight excluding hydrogens is 337 g/mol. The van der Waals surface area contributed by atoms with Crippen molar-refractivity contribution >= 4 is 23.5 Å². The second-order valence-corrected chi connectivity index (χ2v) is 5.25. The van der Waals surface area contributed by atoms with Gasteiger partial charge >= 0.3 is 18.1 Å². The molecule has 8 heteroatoms. The number of hydrogen-bond acceptors (Lipinski definition) is 4. The molecule has 1 unspecified atom stereocenters. The number of carbonyl (C=O) groups is 2. The minimum atomic E-state index is -4.59. The smallest absolute Gasteiger partial charge is 0.425 e. The molecule has 0 amide bonds. The van der Waals surface area contributed by atoms with Crippen LogP contribution in [0.2, 0.25) is 5.02 Å². The minimum absolute atomic E-state index is 0.0584. The summed E-state index contributed by atoms with van der Waals surface area (Å²) in [6, 6.07) is 6.71. The maximum Gasteiger partial charge on any atom is 0.425 e. The van der Waals surface area contributed by atoms with Gasteiger partial charge in [-0.2, -0.15) is 13.2 Å². The normalized spacial score (nSPS) is 12.6. The number of hydrogen-bond donors (Lipinski definition) is 0. The van der Waals surface area contributed by atoms with Crippen LogP contribution in [0.4, 0.5) is 13.2 Å². The van der Waals surface area contributed by atoms with Crippen molar-refractivity contribution in [2.45, 2.75) is 45.1 Å². The van der Waals surface area contributed by atoms with Crippen molar-refractivity contribution in [3.63, 3.8) is 0 Å². The molecule has 1 rings (SSSR count). The van der Waals surface area contributed by atoms with E-state index in [4.69, 9.17) is 16.3 Å². The molecule has 128 valence electrons. The van der Waals surface area contributed by atoms with Crippen molar-refractivity contribution in [3.8, 4) is 0 Å². The van der Waals surface area contributed by atoms with Crippen LogP contribution in [0.25, 0.3) is 0 Å². The van der Waals surface area contributed by atoms with E-state index >= 15 is 0 Å². The molecule has 0 saturated carbocycles. The molecule has 0 aliphatic heterocycles. The molecule has 0 spiro atoms. The Kier molecular flexibility index (Phi) is 7.35. The quantitative estimate of drug-likeness (QED) is 0.695. The second kappa shape index (κ2) is 8.76. The average Bonchev–Trinajstić information content (AvgIpc) is 2.45. The van der Waals surface area contributed by atoms with Crippen LogP contribution in [0.1, 0.15) is 31.7 Å². The van der Waals surface area contributed by atoms with E-state index in [2.05, 4.69) is 4.74 Å². The standard InChI is InChI=1S/C15H16ClF3O4/c1-10(15(17,18)19)23-14(21)4-2-3-13(20)22-9-11-5-7-12(16)8-6-11/h5-8,10H,2-4,9H2,1H3. The fourth-order valence-corrected chi connectivity index (χ4v) is 1.64. The summed E-state index contributed by atoms with van der Waals surface area (Å²) in [6.07, 6.45) is -7.05. The first-order valence-electron chi connectivity index (χ1n) is 6.84. The molecule has 1 atom stereocenters. The van der Waals surface area contributed by atoms with Crippen molar-refractivity contribution < 1.29 is 32.2 Å². The zero-order valence-electron chi connectivity index (χ0n) is 12.4. The first-order chi connectivity index (χ1) is 10.7. The summed E-state index contributed by atoms with van der Waals surface area (Å²) in [6.45, 7) is 0.809. The number of benzene rings is 1. The van der Waals surface area contributed by atoms with E-state index in [1.54, 1.807) is 24.3 Å². The van der Waals surface area contributed by atoms with Crippen molar-refractivity contribution in [1.29, 1.82) is 0 Å². The van der Waals surface area contributed by atoms with E-state index in [1.165, 1.54) is 0 Å². The van der Waals surface area contributed by atoms with Gasteiger partial charge in [-0.25, -0.2) is 0 Å². The first kappa shape index (κ1) is 19.3. The Hall–Kier alpha value is -1.76. The summed E-state index contributed by atoms with van der Waals surface area (Å²) >= 11 is 5.71. The zero-order chi connectivity index (χ0) is 17.5. The molecular formula is C15H16ClF3O4. The highest BCUT2D eigenvalue weighted by atomic mass is 35.5. The van der Waals surface area contributed by atoms with Gasteiger partial charge in [-0.15, -0.1) is 0 Å². The molecule has 0 radical (unpaired) electrons. The highest BCUT2D eigenvalue weighted by Gasteiger charge is 2.38. The number of rotatable bonds is 7. The van der Waals surface area contributed by atoms with Crippen molar-refractivity contribution in [1.82, 2.24) is 0 Å². The van der Waals surface area contributed by atoms with E-state index in [9.17, 15) is 22.8 Å². The summed E-state index contributed by atoms with van der Waals surface area (Å²) in [4.78, 5) is 22.7. The van der Waals surface area contributed by atoms with Gasteiger partial charge in [-0.05, 0) is 31.0 Å². The Bertz CT molecular complexity index is 529. The minimum Gasteiger partial charge on any atom is -0.461 e. The van der Waals surface area contributed by atoms with Gasteiger partial charge in [0.05, 0.1) is 0 Å². The molecule has 0 N–H and O–H groups in total. The molecule has 0 heterocycles. The van der Waals surface area contributed by atoms with Crippen molar-refractivity contribution in [2.75, 3.05) is 0 Å². The summed E-state index contributed by atoms with van der Waals surface area (Å²) in [5, 5.41) is 0.562. The van der Waals surface area contributed by atoms with Crippen molar-refractivity contribution in [3.05, 3.63) is 34.9 Å². The monoisotopic (exact) mass is 352 g/mol. The lowest BCUT2D eigenvalue weighted by Crippen LogP contribution is -2.30. The van der Waals surface area contributed by atoms with Crippen molar-refractivity contribution in [2.24, 2.45) is 0 Å². The molecule has 0 bridgehead atoms. The molecule has 0 aliphatic carbocycles. The predicted octanol–water partition coefficient (Wildman–Crippen LogP) is 4.05. The van der Waals surface area contributed by atoms with Crippen LogP contribution >= 0.6 is 11.6 Å². The van der Waals surface area contributed by atoms with E-state index in [-0.39, 0.29) is 25.9 Å². The van der Waals surface area contributed by atoms with Crippen LogP contribution in [0, 0.1) is 0 Å². The van der Waals surface area contributed by atoms with Gasteiger partial charge in [0.2, 0.25) is 0 Å². The Balaban J connectivity index is 2.21. The second-order valence-electron chi connectivity index (χ2n) is 4.81. The fraction of sp³-hybridized carbons (Fsp3) is 0.467. The molecule has 1 aromatic carbocycles. The van der Waals surface area contributed by atoms with Crippen LogP contribution in [-0.4, -0.2) is 24.2 Å². The summed E-state index contributed by atoms with van der Waals surface area (Å²) in [7, 11) is 0. The Morgan fingerprint density at radius 3 is 2.26 bits per heavy atom. The third-order valence-corrected chi connectivity index (χ3v) is 3.10. The SMILES string of the molecule is CC(OC(=O)CCCC(=O)OCc1ccc(Cl)cc1)C(F)(F)F. The highest BCUT2D eigenvalue weighted by molar-refractivity contribution is 6.30. The zero-order valence-corrected chi connectivity index (χ0v) is 13.1. The van der Waals surface area contributed by atoms with Gasteiger partial charge < -0.3 is 9.47 Å². The van der Waals surface area contributed by atoms with Gasteiger partial charge in [-0.3, -0.25) is 9.59 Å². The number of alkyl halides is 3. The highest BCUT2D eigenvalue weighted by Crippen LogP contribution is 2.22. The maximum atomic E-state index is 12.2. The summed E-state index contributed by atoms with van der Waals surface area (Å²) < 4.78 is 45.7. The molecule has 0 saturated heterocycles. The Morgan fingerprint density at radius 2 is 1.70 bits per heavy atom. The number of ether oxygens (including phenoxy) is 2. The maximum absolute atomic E-state index is 12.2. The van der Waals surface area contributed by atoms with Gasteiger partial charge in [0.1, 0.15) is 6.61 Å². The van der Waals surface area contributed by atoms with Gasteiger partial charge in [-0.1, -0.05) is 23.7 Å². The number of esters is 2. The van der Waals surface area contributed by atoms with E-state index in [1.807, 2.05) is 0 Å². The summed E-state index contributed by atoms with van der Waals surface area (Å²) in [5.41, 5.74) is 0.751. The third kappa shape index (κ3) is 7.88. The number of carbonyl (C=O) groups excluding carboxylic acids is 2. The van der Waals surface area contributed by atoms with E-state index < -0.39 is 24.2 Å². The molecule has 1 aromatic rings. The molecule has 4 nitrogen and oxygen atoms in total. The van der Waals surface area contributed by atoms with E-state index in [0.717, 1.165) is 12.5 Å². The molecule has 0 aromatic heterocycles. The largest absolute Gasteiger partial charge is 0.461 e. The van der Waals surface area contributed by atoms with E-state index in [0.29, 0.717) is 5.02 Å². The predicted molar refractivity (Wildman–Crippen MR) is 76.7 cm³/mol. The van der Waals surface area contributed by atoms with Gasteiger partial charge in [0, 0.05) is 17.9 Å². The lowest BCUT2D eigenvalue weighted by molar-refractivity contribution is -0.216. The topological polar surface area (TPSA) is 52.6 Å². The Morgan fingerprint density at radius 1 is 1.13 bits per heavy atom. The fourth-order valence-electron chi connectivity index (χ4n) is 1.52. The lowest BCUT2D eigenvalue weighted by Gasteiger charge is -2.16. The molecule has 0 aliphatic rings. The van der Waals surface area contributed by atoms with Gasteiger partial charge in [0.25, 0.3) is 0 Å². The van der Waals surface area contributed by atoms with Crippen LogP contribution < -0.4 is 0 Å².